The number of ether oxygens (including phenoxy) is 1. The number of fused-ring (bicyclic) bond motifs is 2. The van der Waals surface area contributed by atoms with Gasteiger partial charge in [0.05, 0.1) is 12.2 Å². The summed E-state index contributed by atoms with van der Waals surface area (Å²) in [5.41, 5.74) is 2.09. The van der Waals surface area contributed by atoms with Crippen LogP contribution in [0.2, 0.25) is 5.15 Å². The summed E-state index contributed by atoms with van der Waals surface area (Å²) in [6.45, 7) is 6.27. The molecule has 0 radical (unpaired) electrons. The molecule has 0 saturated carbocycles. The van der Waals surface area contributed by atoms with E-state index in [9.17, 15) is 0 Å². The average molecular weight is 267 g/mol. The van der Waals surface area contributed by atoms with Crippen molar-refractivity contribution in [3.05, 3.63) is 22.2 Å². The van der Waals surface area contributed by atoms with Crippen LogP contribution in [0.15, 0.2) is 0 Å². The molecule has 3 nitrogen and oxygen atoms in total. The van der Waals surface area contributed by atoms with Crippen molar-refractivity contribution in [1.82, 2.24) is 9.97 Å². The van der Waals surface area contributed by atoms with Gasteiger partial charge in [-0.3, -0.25) is 0 Å². The Morgan fingerprint density at radius 3 is 2.56 bits per heavy atom. The lowest BCUT2D eigenvalue weighted by molar-refractivity contribution is 0.0998. The van der Waals surface area contributed by atoms with Crippen LogP contribution in [0.25, 0.3) is 0 Å². The van der Waals surface area contributed by atoms with Crippen molar-refractivity contribution in [2.24, 2.45) is 0 Å². The first-order valence-electron chi connectivity index (χ1n) is 6.75. The van der Waals surface area contributed by atoms with Crippen molar-refractivity contribution >= 4 is 11.6 Å². The molecule has 1 aromatic heterocycles. The minimum absolute atomic E-state index is 0.315. The van der Waals surface area contributed by atoms with Gasteiger partial charge in [-0.2, -0.15) is 0 Å². The second-order valence-corrected chi connectivity index (χ2v) is 6.10. The molecule has 3 atom stereocenters. The zero-order valence-corrected chi connectivity index (χ0v) is 11.9. The van der Waals surface area contributed by atoms with Gasteiger partial charge in [0, 0.05) is 17.2 Å². The molecule has 0 amide bonds. The molecular weight excluding hydrogens is 248 g/mol. The standard InChI is InChI=1S/C14H19ClN2O/c1-7(2)12-8(3)16-14(17-13(12)15)10-6-9-4-5-11(10)18-9/h7,9-11H,4-6H2,1-3H3. The number of rotatable bonds is 2. The van der Waals surface area contributed by atoms with Crippen LogP contribution in [0.3, 0.4) is 0 Å². The van der Waals surface area contributed by atoms with E-state index in [0.29, 0.717) is 29.2 Å². The molecule has 98 valence electrons. The van der Waals surface area contributed by atoms with E-state index in [2.05, 4.69) is 23.8 Å². The average Bonchev–Trinajstić information content (AvgIpc) is 2.88. The van der Waals surface area contributed by atoms with Crippen molar-refractivity contribution in [1.29, 1.82) is 0 Å². The van der Waals surface area contributed by atoms with Gasteiger partial charge in [-0.25, -0.2) is 9.97 Å². The second kappa shape index (κ2) is 4.46. The second-order valence-electron chi connectivity index (χ2n) is 5.74. The minimum atomic E-state index is 0.315. The molecule has 4 heteroatoms. The van der Waals surface area contributed by atoms with E-state index in [1.165, 1.54) is 6.42 Å². The first-order valence-corrected chi connectivity index (χ1v) is 7.13. The van der Waals surface area contributed by atoms with Gasteiger partial charge in [-0.1, -0.05) is 25.4 Å². The zero-order chi connectivity index (χ0) is 12.9. The first-order chi connectivity index (χ1) is 8.56. The molecule has 2 bridgehead atoms. The van der Waals surface area contributed by atoms with Crippen molar-refractivity contribution < 1.29 is 4.74 Å². The molecule has 2 saturated heterocycles. The molecule has 2 aliphatic heterocycles. The van der Waals surface area contributed by atoms with Crippen molar-refractivity contribution in [2.75, 3.05) is 0 Å². The highest BCUT2D eigenvalue weighted by Crippen LogP contribution is 2.44. The van der Waals surface area contributed by atoms with Crippen molar-refractivity contribution in [2.45, 2.75) is 64.1 Å². The molecule has 3 rings (SSSR count). The van der Waals surface area contributed by atoms with Crippen LogP contribution < -0.4 is 0 Å². The Balaban J connectivity index is 1.95. The number of hydrogen-bond donors (Lipinski definition) is 0. The number of hydrogen-bond acceptors (Lipinski definition) is 3. The van der Waals surface area contributed by atoms with E-state index in [1.807, 2.05) is 6.92 Å². The van der Waals surface area contributed by atoms with Crippen molar-refractivity contribution in [3.8, 4) is 0 Å². The highest BCUT2D eigenvalue weighted by atomic mass is 35.5. The van der Waals surface area contributed by atoms with Gasteiger partial charge >= 0.3 is 0 Å². The molecule has 3 unspecified atom stereocenters. The summed E-state index contributed by atoms with van der Waals surface area (Å²) in [6.07, 6.45) is 4.13. The van der Waals surface area contributed by atoms with Crippen molar-refractivity contribution in [3.63, 3.8) is 0 Å². The summed E-state index contributed by atoms with van der Waals surface area (Å²) in [4.78, 5) is 9.21. The Morgan fingerprint density at radius 1 is 1.28 bits per heavy atom. The quantitative estimate of drug-likeness (QED) is 0.767. The maximum absolute atomic E-state index is 6.32. The molecule has 3 heterocycles. The number of halogens is 1. The monoisotopic (exact) mass is 266 g/mol. The SMILES string of the molecule is Cc1nc(C2CC3CCC2O3)nc(Cl)c1C(C)C. The fraction of sp³-hybridized carbons (Fsp3) is 0.714. The zero-order valence-electron chi connectivity index (χ0n) is 11.1. The molecule has 0 aromatic carbocycles. The molecule has 0 N–H and O–H groups in total. The number of nitrogens with zero attached hydrogens (tertiary/aromatic N) is 2. The van der Waals surface area contributed by atoms with Crippen LogP contribution in [0.1, 0.15) is 62.0 Å². The van der Waals surface area contributed by atoms with Crippen LogP contribution in [-0.4, -0.2) is 22.2 Å². The largest absolute Gasteiger partial charge is 0.374 e. The van der Waals surface area contributed by atoms with Gasteiger partial charge in [-0.15, -0.1) is 0 Å². The van der Waals surface area contributed by atoms with Crippen LogP contribution in [-0.2, 0) is 4.74 Å². The predicted molar refractivity (Wildman–Crippen MR) is 71.1 cm³/mol. The summed E-state index contributed by atoms with van der Waals surface area (Å²) in [6, 6.07) is 0. The van der Waals surface area contributed by atoms with E-state index in [0.717, 1.165) is 29.9 Å². The Hall–Kier alpha value is -0.670. The van der Waals surface area contributed by atoms with Gasteiger partial charge < -0.3 is 4.74 Å². The van der Waals surface area contributed by atoms with Gasteiger partial charge in [-0.05, 0) is 32.1 Å². The van der Waals surface area contributed by atoms with E-state index in [-0.39, 0.29) is 0 Å². The van der Waals surface area contributed by atoms with Gasteiger partial charge in [0.15, 0.2) is 0 Å². The Bertz CT molecular complexity index is 452. The third kappa shape index (κ3) is 1.94. The third-order valence-electron chi connectivity index (χ3n) is 4.12. The molecule has 2 fully saturated rings. The van der Waals surface area contributed by atoms with Crippen LogP contribution in [0.4, 0.5) is 0 Å². The molecule has 1 aromatic rings. The number of aryl methyl sites for hydroxylation is 1. The summed E-state index contributed by atoms with van der Waals surface area (Å²) < 4.78 is 5.87. The molecule has 18 heavy (non-hydrogen) atoms. The maximum atomic E-state index is 6.32. The lowest BCUT2D eigenvalue weighted by Gasteiger charge is -2.19. The Kier molecular flexibility index (Phi) is 3.07. The number of aromatic nitrogens is 2. The lowest BCUT2D eigenvalue weighted by atomic mass is 9.88. The third-order valence-corrected chi connectivity index (χ3v) is 4.41. The van der Waals surface area contributed by atoms with Crippen LogP contribution >= 0.6 is 11.6 Å². The normalized spacial score (nSPS) is 30.4. The summed E-state index contributed by atoms with van der Waals surface area (Å²) in [5, 5.41) is 0.621. The van der Waals surface area contributed by atoms with Gasteiger partial charge in [0.1, 0.15) is 11.0 Å². The van der Waals surface area contributed by atoms with E-state index >= 15 is 0 Å². The van der Waals surface area contributed by atoms with E-state index in [1.54, 1.807) is 0 Å². The van der Waals surface area contributed by atoms with Crippen LogP contribution in [0, 0.1) is 6.92 Å². The molecule has 2 aliphatic rings. The van der Waals surface area contributed by atoms with E-state index < -0.39 is 0 Å². The summed E-state index contributed by atoms with van der Waals surface area (Å²) >= 11 is 6.32. The predicted octanol–water partition coefficient (Wildman–Crippen LogP) is 3.60. The van der Waals surface area contributed by atoms with Gasteiger partial charge in [0.25, 0.3) is 0 Å². The Labute approximate surface area is 113 Å². The molecule has 0 spiro atoms. The Morgan fingerprint density at radius 2 is 2.06 bits per heavy atom. The maximum Gasteiger partial charge on any atom is 0.136 e. The summed E-state index contributed by atoms with van der Waals surface area (Å²) in [7, 11) is 0. The molecule has 0 aliphatic carbocycles. The molecular formula is C14H19ClN2O. The van der Waals surface area contributed by atoms with Gasteiger partial charge in [0.2, 0.25) is 0 Å². The van der Waals surface area contributed by atoms with E-state index in [4.69, 9.17) is 16.3 Å². The van der Waals surface area contributed by atoms with Crippen LogP contribution in [0.5, 0.6) is 0 Å². The fourth-order valence-corrected chi connectivity index (χ4v) is 3.74. The fourth-order valence-electron chi connectivity index (χ4n) is 3.30. The topological polar surface area (TPSA) is 35.0 Å². The first kappa shape index (κ1) is 12.4. The highest BCUT2D eigenvalue weighted by molar-refractivity contribution is 6.30. The highest BCUT2D eigenvalue weighted by Gasteiger charge is 2.43. The smallest absolute Gasteiger partial charge is 0.136 e. The lowest BCUT2D eigenvalue weighted by Crippen LogP contribution is -2.18. The minimum Gasteiger partial charge on any atom is -0.374 e. The summed E-state index contributed by atoms with van der Waals surface area (Å²) in [5.74, 6) is 1.60.